The standard InChI is InChI=1S/C24H23ClN2O4S/c1-30-18-6-5-7-19(31-2)22(18)23(28)26-16-11-9-15(10-12-16)24(29)27-13-4-3-8-20-17(27)14-21(25)32-20/h5-7,9-12,14H,3-4,8,13H2,1-2H3,(H,26,28). The van der Waals surface area contributed by atoms with E-state index in [4.69, 9.17) is 21.1 Å². The Hall–Kier alpha value is -3.03. The minimum Gasteiger partial charge on any atom is -0.496 e. The molecular weight excluding hydrogens is 448 g/mol. The van der Waals surface area contributed by atoms with E-state index in [0.29, 0.717) is 39.2 Å². The van der Waals surface area contributed by atoms with Gasteiger partial charge in [0.2, 0.25) is 0 Å². The summed E-state index contributed by atoms with van der Waals surface area (Å²) in [5, 5.41) is 2.84. The lowest BCUT2D eigenvalue weighted by molar-refractivity contribution is 0.0985. The molecule has 0 aliphatic carbocycles. The van der Waals surface area contributed by atoms with Gasteiger partial charge in [-0.2, -0.15) is 0 Å². The normalized spacial score (nSPS) is 13.2. The number of nitrogens with one attached hydrogen (secondary N) is 1. The summed E-state index contributed by atoms with van der Waals surface area (Å²) in [7, 11) is 3.00. The van der Waals surface area contributed by atoms with Crippen LogP contribution in [0, 0.1) is 0 Å². The average Bonchev–Trinajstić information content (AvgIpc) is 3.07. The maximum absolute atomic E-state index is 13.2. The summed E-state index contributed by atoms with van der Waals surface area (Å²) in [4.78, 5) is 29.0. The number of carbonyl (C=O) groups excluding carboxylic acids is 2. The number of rotatable bonds is 5. The molecule has 1 N–H and O–H groups in total. The number of ether oxygens (including phenoxy) is 2. The maximum atomic E-state index is 13.2. The molecule has 2 heterocycles. The number of aryl methyl sites for hydroxylation is 1. The number of hydrogen-bond donors (Lipinski definition) is 1. The van der Waals surface area contributed by atoms with Gasteiger partial charge in [-0.15, -0.1) is 11.3 Å². The Kier molecular flexibility index (Phi) is 6.67. The molecule has 0 spiro atoms. The van der Waals surface area contributed by atoms with E-state index < -0.39 is 0 Å². The number of methoxy groups -OCH3 is 2. The lowest BCUT2D eigenvalue weighted by atomic mass is 10.1. The van der Waals surface area contributed by atoms with Crippen LogP contribution in [0.5, 0.6) is 11.5 Å². The first kappa shape index (κ1) is 22.2. The third-order valence-corrected chi connectivity index (χ3v) is 6.69. The van der Waals surface area contributed by atoms with Gasteiger partial charge in [0.25, 0.3) is 11.8 Å². The van der Waals surface area contributed by atoms with Crippen LogP contribution in [-0.4, -0.2) is 32.6 Å². The number of carbonyl (C=O) groups is 2. The number of amides is 2. The monoisotopic (exact) mass is 470 g/mol. The van der Waals surface area contributed by atoms with E-state index in [2.05, 4.69) is 5.32 Å². The van der Waals surface area contributed by atoms with Gasteiger partial charge in [0.05, 0.1) is 24.2 Å². The zero-order valence-corrected chi connectivity index (χ0v) is 19.4. The highest BCUT2D eigenvalue weighted by Gasteiger charge is 2.25. The average molecular weight is 471 g/mol. The van der Waals surface area contributed by atoms with Crippen LogP contribution in [-0.2, 0) is 6.42 Å². The van der Waals surface area contributed by atoms with Gasteiger partial charge in [-0.25, -0.2) is 0 Å². The molecule has 0 saturated carbocycles. The molecule has 6 nitrogen and oxygen atoms in total. The number of thiophene rings is 1. The van der Waals surface area contributed by atoms with Crippen molar-refractivity contribution in [2.75, 3.05) is 31.0 Å². The Morgan fingerprint density at radius 1 is 1.03 bits per heavy atom. The third-order valence-electron chi connectivity index (χ3n) is 5.37. The van der Waals surface area contributed by atoms with Crippen molar-refractivity contribution < 1.29 is 19.1 Å². The highest BCUT2D eigenvalue weighted by atomic mass is 35.5. The van der Waals surface area contributed by atoms with Crippen molar-refractivity contribution in [2.24, 2.45) is 0 Å². The molecule has 0 fully saturated rings. The number of anilines is 2. The molecule has 1 aliphatic rings. The SMILES string of the molecule is COc1cccc(OC)c1C(=O)Nc1ccc(C(=O)N2CCCCc3sc(Cl)cc32)cc1. The summed E-state index contributed by atoms with van der Waals surface area (Å²) in [5.41, 5.74) is 2.33. The Balaban J connectivity index is 1.53. The molecule has 8 heteroatoms. The van der Waals surface area contributed by atoms with Gasteiger partial charge in [-0.3, -0.25) is 9.59 Å². The molecule has 3 aromatic rings. The zero-order chi connectivity index (χ0) is 22.7. The quantitative estimate of drug-likeness (QED) is 0.523. The number of nitrogens with zero attached hydrogens (tertiary/aromatic N) is 1. The Labute approximate surface area is 195 Å². The molecule has 0 bridgehead atoms. The summed E-state index contributed by atoms with van der Waals surface area (Å²) in [6.45, 7) is 0.658. The van der Waals surface area contributed by atoms with E-state index in [0.717, 1.165) is 29.8 Å². The lowest BCUT2D eigenvalue weighted by Gasteiger charge is -2.21. The summed E-state index contributed by atoms with van der Waals surface area (Å²) in [5.74, 6) is 0.399. The van der Waals surface area contributed by atoms with Gasteiger partial charge in [0, 0.05) is 22.7 Å². The molecule has 1 aliphatic heterocycles. The van der Waals surface area contributed by atoms with Crippen LogP contribution in [0.4, 0.5) is 11.4 Å². The number of benzene rings is 2. The van der Waals surface area contributed by atoms with Gasteiger partial charge in [-0.1, -0.05) is 17.7 Å². The van der Waals surface area contributed by atoms with Crippen molar-refractivity contribution in [3.63, 3.8) is 0 Å². The first-order valence-corrected chi connectivity index (χ1v) is 11.4. The van der Waals surface area contributed by atoms with Crippen LogP contribution in [0.3, 0.4) is 0 Å². The van der Waals surface area contributed by atoms with Crippen LogP contribution >= 0.6 is 22.9 Å². The van der Waals surface area contributed by atoms with Crippen LogP contribution in [0.15, 0.2) is 48.5 Å². The van der Waals surface area contributed by atoms with Crippen molar-refractivity contribution in [3.8, 4) is 11.5 Å². The van der Waals surface area contributed by atoms with Crippen LogP contribution in [0.2, 0.25) is 4.34 Å². The minimum absolute atomic E-state index is 0.0770. The third kappa shape index (κ3) is 4.45. The molecule has 0 unspecified atom stereocenters. The van der Waals surface area contributed by atoms with E-state index >= 15 is 0 Å². The second-order valence-electron chi connectivity index (χ2n) is 7.34. The van der Waals surface area contributed by atoms with Crippen molar-refractivity contribution in [1.82, 2.24) is 0 Å². The second kappa shape index (κ2) is 9.63. The fourth-order valence-corrected chi connectivity index (χ4v) is 5.11. The zero-order valence-electron chi connectivity index (χ0n) is 17.8. The van der Waals surface area contributed by atoms with E-state index in [-0.39, 0.29) is 11.8 Å². The lowest BCUT2D eigenvalue weighted by Crippen LogP contribution is -2.31. The Bertz CT molecular complexity index is 1120. The summed E-state index contributed by atoms with van der Waals surface area (Å²) < 4.78 is 11.3. The van der Waals surface area contributed by atoms with Crippen molar-refractivity contribution >= 4 is 46.1 Å². The Morgan fingerprint density at radius 2 is 1.72 bits per heavy atom. The van der Waals surface area contributed by atoms with Crippen LogP contribution < -0.4 is 19.7 Å². The van der Waals surface area contributed by atoms with Gasteiger partial charge < -0.3 is 19.7 Å². The molecule has 1 aromatic heterocycles. The highest BCUT2D eigenvalue weighted by Crippen LogP contribution is 2.37. The molecule has 2 amide bonds. The summed E-state index contributed by atoms with van der Waals surface area (Å²) in [6.07, 6.45) is 2.92. The van der Waals surface area contributed by atoms with Crippen LogP contribution in [0.25, 0.3) is 0 Å². The second-order valence-corrected chi connectivity index (χ2v) is 9.11. The van der Waals surface area contributed by atoms with Crippen molar-refractivity contribution in [1.29, 1.82) is 0 Å². The van der Waals surface area contributed by atoms with Gasteiger partial charge in [-0.05, 0) is 61.7 Å². The van der Waals surface area contributed by atoms with Crippen molar-refractivity contribution in [3.05, 3.63) is 68.9 Å². The molecule has 0 radical (unpaired) electrons. The van der Waals surface area contributed by atoms with Crippen molar-refractivity contribution in [2.45, 2.75) is 19.3 Å². The molecule has 2 aromatic carbocycles. The van der Waals surface area contributed by atoms with Gasteiger partial charge in [0.1, 0.15) is 17.1 Å². The highest BCUT2D eigenvalue weighted by molar-refractivity contribution is 7.16. The topological polar surface area (TPSA) is 67.9 Å². The largest absolute Gasteiger partial charge is 0.496 e. The predicted molar refractivity (Wildman–Crippen MR) is 128 cm³/mol. The molecule has 0 saturated heterocycles. The number of fused-ring (bicyclic) bond motifs is 1. The van der Waals surface area contributed by atoms with E-state index in [1.807, 2.05) is 6.07 Å². The minimum atomic E-state index is -0.358. The number of halogens is 1. The molecule has 4 rings (SSSR count). The summed E-state index contributed by atoms with van der Waals surface area (Å²) >= 11 is 7.74. The Morgan fingerprint density at radius 3 is 2.38 bits per heavy atom. The predicted octanol–water partition coefficient (Wildman–Crippen LogP) is 5.65. The van der Waals surface area contributed by atoms with E-state index in [1.54, 1.807) is 47.4 Å². The van der Waals surface area contributed by atoms with Gasteiger partial charge in [0.15, 0.2) is 0 Å². The fourth-order valence-electron chi connectivity index (χ4n) is 3.80. The van der Waals surface area contributed by atoms with Crippen LogP contribution in [0.1, 0.15) is 38.4 Å². The molecular formula is C24H23ClN2O4S. The van der Waals surface area contributed by atoms with Gasteiger partial charge >= 0.3 is 0 Å². The molecule has 32 heavy (non-hydrogen) atoms. The fraction of sp³-hybridized carbons (Fsp3) is 0.250. The first-order chi connectivity index (χ1) is 15.5. The van der Waals surface area contributed by atoms with E-state index in [9.17, 15) is 9.59 Å². The number of hydrogen-bond acceptors (Lipinski definition) is 5. The maximum Gasteiger partial charge on any atom is 0.263 e. The van der Waals surface area contributed by atoms with E-state index in [1.165, 1.54) is 25.6 Å². The smallest absolute Gasteiger partial charge is 0.263 e. The molecule has 166 valence electrons. The summed E-state index contributed by atoms with van der Waals surface area (Å²) in [6, 6.07) is 13.9. The first-order valence-electron chi connectivity index (χ1n) is 10.2. The molecule has 0 atom stereocenters.